The Kier molecular flexibility index (Phi) is 8.81. The first-order chi connectivity index (χ1) is 15.9. The molecule has 1 saturated carbocycles. The second kappa shape index (κ2) is 11.1. The molecule has 34 heavy (non-hydrogen) atoms. The van der Waals surface area contributed by atoms with Crippen LogP contribution in [0.25, 0.3) is 11.3 Å². The van der Waals surface area contributed by atoms with Gasteiger partial charge in [-0.1, -0.05) is 32.3 Å². The van der Waals surface area contributed by atoms with Gasteiger partial charge in [-0.15, -0.1) is 13.2 Å². The van der Waals surface area contributed by atoms with Crippen LogP contribution in [0.3, 0.4) is 0 Å². The van der Waals surface area contributed by atoms with Crippen LogP contribution in [0.4, 0.5) is 13.2 Å². The predicted octanol–water partition coefficient (Wildman–Crippen LogP) is 6.71. The van der Waals surface area contributed by atoms with E-state index >= 15 is 0 Å². The molecule has 0 radical (unpaired) electrons. The Labute approximate surface area is 206 Å². The monoisotopic (exact) mass is 517 g/mol. The molecule has 1 aliphatic carbocycles. The van der Waals surface area contributed by atoms with Crippen molar-refractivity contribution in [1.29, 1.82) is 0 Å². The maximum Gasteiger partial charge on any atom is 0.573 e. The van der Waals surface area contributed by atoms with Crippen molar-refractivity contribution in [3.05, 3.63) is 30.0 Å². The lowest BCUT2D eigenvalue weighted by molar-refractivity contribution is -0.275. The third kappa shape index (κ3) is 6.80. The highest BCUT2D eigenvalue weighted by Crippen LogP contribution is 2.37. The third-order valence-corrected chi connectivity index (χ3v) is 8.67. The SMILES string of the molecule is CCC(C)(C)NS(=O)c1ccc(-c2cc(SN)c(C)n2CC2CCCCC2)cc1OC(F)(F)F. The number of nitrogens with one attached hydrogen (secondary N) is 1. The first kappa shape index (κ1) is 27.1. The lowest BCUT2D eigenvalue weighted by atomic mass is 9.89. The Hall–Kier alpha value is -1.49. The van der Waals surface area contributed by atoms with Gasteiger partial charge in [-0.25, -0.2) is 8.93 Å². The van der Waals surface area contributed by atoms with Gasteiger partial charge >= 0.3 is 6.36 Å². The quantitative estimate of drug-likeness (QED) is 0.363. The summed E-state index contributed by atoms with van der Waals surface area (Å²) in [5.74, 6) is 0.0557. The van der Waals surface area contributed by atoms with Crippen molar-refractivity contribution in [2.24, 2.45) is 11.1 Å². The summed E-state index contributed by atoms with van der Waals surface area (Å²) in [4.78, 5) is 0.834. The second-order valence-corrected chi connectivity index (χ2v) is 11.4. The molecule has 3 rings (SSSR count). The minimum atomic E-state index is -4.91. The van der Waals surface area contributed by atoms with Gasteiger partial charge in [0.15, 0.2) is 0 Å². The molecule has 0 saturated heterocycles. The summed E-state index contributed by atoms with van der Waals surface area (Å²) >= 11 is 1.13. The topological polar surface area (TPSA) is 69.3 Å². The number of benzene rings is 1. The minimum absolute atomic E-state index is 0.0434. The smallest absolute Gasteiger partial charge is 0.404 e. The van der Waals surface area contributed by atoms with E-state index in [1.165, 1.54) is 31.4 Å². The fourth-order valence-electron chi connectivity index (χ4n) is 4.24. The van der Waals surface area contributed by atoms with Gasteiger partial charge in [0.1, 0.15) is 16.7 Å². The van der Waals surface area contributed by atoms with Crippen LogP contribution < -0.4 is 14.6 Å². The van der Waals surface area contributed by atoms with Crippen molar-refractivity contribution >= 4 is 22.9 Å². The summed E-state index contributed by atoms with van der Waals surface area (Å²) in [6.07, 6.45) is 1.67. The molecule has 10 heteroatoms. The zero-order chi connectivity index (χ0) is 25.1. The van der Waals surface area contributed by atoms with E-state index in [-0.39, 0.29) is 4.90 Å². The largest absolute Gasteiger partial charge is 0.573 e. The number of hydrogen-bond acceptors (Lipinski definition) is 4. The number of rotatable bonds is 9. The van der Waals surface area contributed by atoms with Gasteiger partial charge in [0.2, 0.25) is 0 Å². The van der Waals surface area contributed by atoms with Gasteiger partial charge in [-0.05, 0) is 76.1 Å². The molecule has 0 amide bonds. The first-order valence-corrected chi connectivity index (χ1v) is 13.6. The van der Waals surface area contributed by atoms with Crippen LogP contribution in [0.2, 0.25) is 0 Å². The molecule has 5 nitrogen and oxygen atoms in total. The van der Waals surface area contributed by atoms with Crippen LogP contribution in [0.15, 0.2) is 34.1 Å². The Balaban J connectivity index is 2.04. The summed E-state index contributed by atoms with van der Waals surface area (Å²) in [5, 5.41) is 5.87. The van der Waals surface area contributed by atoms with Gasteiger partial charge in [-0.2, -0.15) is 0 Å². The highest BCUT2D eigenvalue weighted by molar-refractivity contribution is 7.97. The average molecular weight is 518 g/mol. The van der Waals surface area contributed by atoms with Crippen molar-refractivity contribution in [3.8, 4) is 17.0 Å². The predicted molar refractivity (Wildman–Crippen MR) is 132 cm³/mol. The van der Waals surface area contributed by atoms with E-state index in [0.717, 1.165) is 47.6 Å². The van der Waals surface area contributed by atoms with Crippen LogP contribution in [-0.4, -0.2) is 20.7 Å². The summed E-state index contributed by atoms with van der Waals surface area (Å²) in [7, 11) is -1.88. The van der Waals surface area contributed by atoms with Gasteiger partial charge in [0, 0.05) is 33.9 Å². The number of aromatic nitrogens is 1. The fourth-order valence-corrected chi connectivity index (χ4v) is 5.94. The molecule has 1 aromatic carbocycles. The first-order valence-electron chi connectivity index (χ1n) is 11.6. The summed E-state index contributed by atoms with van der Waals surface area (Å²) in [5.41, 5.74) is 1.82. The van der Waals surface area contributed by atoms with Crippen LogP contribution in [0, 0.1) is 12.8 Å². The number of nitrogens with two attached hydrogens (primary N) is 1. The molecule has 0 aliphatic heterocycles. The molecular formula is C24H34F3N3O2S2. The van der Waals surface area contributed by atoms with E-state index in [0.29, 0.717) is 17.9 Å². The Bertz CT molecular complexity index is 1020. The minimum Gasteiger partial charge on any atom is -0.404 e. The normalized spacial score (nSPS) is 16.6. The molecule has 0 bridgehead atoms. The Morgan fingerprint density at radius 2 is 1.88 bits per heavy atom. The van der Waals surface area contributed by atoms with E-state index in [9.17, 15) is 17.4 Å². The van der Waals surface area contributed by atoms with Gasteiger partial charge in [0.25, 0.3) is 0 Å². The molecule has 1 aliphatic rings. The van der Waals surface area contributed by atoms with Crippen LogP contribution >= 0.6 is 11.9 Å². The molecule has 1 aromatic heterocycles. The number of halogens is 3. The number of alkyl halides is 3. The van der Waals surface area contributed by atoms with Crippen molar-refractivity contribution < 1.29 is 22.1 Å². The average Bonchev–Trinajstić information content (AvgIpc) is 3.08. The van der Waals surface area contributed by atoms with E-state index in [4.69, 9.17) is 5.14 Å². The number of nitrogens with zero attached hydrogens (tertiary/aromatic N) is 1. The van der Waals surface area contributed by atoms with Crippen molar-refractivity contribution in [2.75, 3.05) is 0 Å². The third-order valence-electron chi connectivity index (χ3n) is 6.53. The van der Waals surface area contributed by atoms with Crippen molar-refractivity contribution in [1.82, 2.24) is 9.29 Å². The van der Waals surface area contributed by atoms with Crippen LogP contribution in [0.5, 0.6) is 5.75 Å². The maximum absolute atomic E-state index is 13.3. The van der Waals surface area contributed by atoms with Crippen molar-refractivity contribution in [2.45, 2.75) is 94.5 Å². The van der Waals surface area contributed by atoms with E-state index in [1.54, 1.807) is 6.07 Å². The highest BCUT2D eigenvalue weighted by atomic mass is 32.2. The maximum atomic E-state index is 13.3. The lowest BCUT2D eigenvalue weighted by Crippen LogP contribution is -2.39. The van der Waals surface area contributed by atoms with Crippen LogP contribution in [0.1, 0.15) is 65.0 Å². The van der Waals surface area contributed by atoms with Gasteiger partial charge in [-0.3, -0.25) is 5.14 Å². The summed E-state index contributed by atoms with van der Waals surface area (Å²) in [6, 6.07) is 6.39. The molecule has 190 valence electrons. The molecule has 1 fully saturated rings. The lowest BCUT2D eigenvalue weighted by Gasteiger charge is -2.25. The molecule has 1 unspecified atom stereocenters. The summed E-state index contributed by atoms with van der Waals surface area (Å²) in [6.45, 7) is 8.37. The van der Waals surface area contributed by atoms with Gasteiger partial charge in [0.05, 0.1) is 4.90 Å². The van der Waals surface area contributed by atoms with E-state index in [2.05, 4.69) is 14.0 Å². The number of hydrogen-bond donors (Lipinski definition) is 2. The Morgan fingerprint density at radius 1 is 1.21 bits per heavy atom. The zero-order valence-electron chi connectivity index (χ0n) is 20.1. The van der Waals surface area contributed by atoms with E-state index in [1.807, 2.05) is 33.8 Å². The molecular weight excluding hydrogens is 483 g/mol. The molecule has 0 spiro atoms. The second-order valence-electron chi connectivity index (χ2n) is 9.53. The Morgan fingerprint density at radius 3 is 2.47 bits per heavy atom. The molecule has 1 heterocycles. The fraction of sp³-hybridized carbons (Fsp3) is 0.583. The van der Waals surface area contributed by atoms with Gasteiger partial charge < -0.3 is 9.30 Å². The van der Waals surface area contributed by atoms with Crippen LogP contribution in [-0.2, 0) is 17.5 Å². The highest BCUT2D eigenvalue weighted by Gasteiger charge is 2.34. The zero-order valence-corrected chi connectivity index (χ0v) is 21.8. The molecule has 1 atom stereocenters. The van der Waals surface area contributed by atoms with Crippen molar-refractivity contribution in [3.63, 3.8) is 0 Å². The standard InChI is InChI=1S/C24H34F3N3O2S2/c1-5-23(3,4)29-34(31)22-12-11-18(13-20(22)32-24(25,26)27)19-14-21(33-28)16(2)30(19)15-17-9-7-6-8-10-17/h11-14,17,29H,5-10,15,28H2,1-4H3. The molecule has 3 N–H and O–H groups in total. The molecule has 2 aromatic rings. The number of ether oxygens (including phenoxy) is 1. The van der Waals surface area contributed by atoms with E-state index < -0.39 is 28.6 Å². The summed E-state index contributed by atoms with van der Waals surface area (Å²) < 4.78 is 62.1.